The zero-order valence-corrected chi connectivity index (χ0v) is 38.0. The summed E-state index contributed by atoms with van der Waals surface area (Å²) in [6.45, 7) is 1.15. The highest BCUT2D eigenvalue weighted by Gasteiger charge is 2.62. The quantitative estimate of drug-likeness (QED) is 0.0276. The molecule has 0 N–H and O–H groups in total. The van der Waals surface area contributed by atoms with Crippen LogP contribution in [0.3, 0.4) is 0 Å². The Balaban J connectivity index is 1.09. The maximum Gasteiger partial charge on any atom is 0.509 e. The Kier molecular flexibility index (Phi) is 16.7. The van der Waals surface area contributed by atoms with Gasteiger partial charge in [-0.15, -0.1) is 0 Å². The summed E-state index contributed by atoms with van der Waals surface area (Å²) in [7, 11) is 0. The summed E-state index contributed by atoms with van der Waals surface area (Å²) >= 11 is 0. The lowest BCUT2D eigenvalue weighted by Crippen LogP contribution is -2.68. The first-order valence-electron chi connectivity index (χ1n) is 23.2. The molecule has 2 saturated heterocycles. The summed E-state index contributed by atoms with van der Waals surface area (Å²) in [5.41, 5.74) is 15.8. The minimum Gasteiger partial charge on any atom is -0.424 e. The van der Waals surface area contributed by atoms with Gasteiger partial charge in [0.25, 0.3) is 0 Å². The summed E-state index contributed by atoms with van der Waals surface area (Å²) < 4.78 is 66.5. The highest BCUT2D eigenvalue weighted by atomic mass is 16.8. The first kappa shape index (κ1) is 47.6. The van der Waals surface area contributed by atoms with Gasteiger partial charge in [-0.05, 0) is 38.9 Å². The van der Waals surface area contributed by atoms with Gasteiger partial charge in [-0.2, -0.15) is 0 Å². The third kappa shape index (κ3) is 12.6. The Morgan fingerprint density at radius 1 is 0.435 bits per heavy atom. The maximum absolute atomic E-state index is 13.4. The molecule has 9 rings (SSSR count). The minimum absolute atomic E-state index is 0.0450. The van der Waals surface area contributed by atoms with Crippen LogP contribution in [0.15, 0.2) is 187 Å². The molecule has 6 aromatic carbocycles. The first-order chi connectivity index (χ1) is 34.1. The molecule has 2 heterocycles. The lowest BCUT2D eigenvalue weighted by atomic mass is 9.83. The van der Waals surface area contributed by atoms with Crippen molar-refractivity contribution in [2.24, 2.45) is 5.11 Å². The van der Waals surface area contributed by atoms with Crippen molar-refractivity contribution in [2.75, 3.05) is 6.61 Å². The van der Waals surface area contributed by atoms with E-state index in [2.05, 4.69) is 10.0 Å². The molecule has 14 nitrogen and oxygen atoms in total. The minimum atomic E-state index is -1.33. The molecule has 1 saturated carbocycles. The fourth-order valence-electron chi connectivity index (χ4n) is 8.93. The van der Waals surface area contributed by atoms with Crippen LogP contribution in [0, 0.1) is 0 Å². The summed E-state index contributed by atoms with van der Waals surface area (Å²) in [6.07, 6.45) is -10.8. The number of azide groups is 1. The molecule has 356 valence electrons. The predicted molar refractivity (Wildman–Crippen MR) is 253 cm³/mol. The standard InChI is InChI=1S/C55H55N3O11/c56-58-57-45-47(62-33-40-23-11-3-12-24-40)46(61-32-39-21-9-2-10-22-39)44(37-60-31-38-19-7-1-8-20-38)66-54(45)67-51-49(64-35-42-27-15-5-16-28-42)48(63-34-41-25-13-4-14-26-41)50(52-53(51)69-55(59)68-52)65-36-43-29-17-6-18-30-43/h1-30,44-54H,31-37H2/t44?,45?,46-,47+,48?,49+,50?,51+,52-,53?,54-/m1/s1. The van der Waals surface area contributed by atoms with Crippen LogP contribution >= 0.6 is 0 Å². The van der Waals surface area contributed by atoms with Crippen molar-refractivity contribution in [3.8, 4) is 0 Å². The molecule has 69 heavy (non-hydrogen) atoms. The number of rotatable bonds is 22. The van der Waals surface area contributed by atoms with Crippen molar-refractivity contribution in [1.82, 2.24) is 0 Å². The lowest BCUT2D eigenvalue weighted by molar-refractivity contribution is -0.327. The van der Waals surface area contributed by atoms with Crippen molar-refractivity contribution in [2.45, 2.75) is 107 Å². The Hall–Kier alpha value is -6.42. The topological polar surface area (TPSA) is 158 Å². The molecule has 0 aromatic heterocycles. The first-order valence-corrected chi connectivity index (χ1v) is 23.2. The van der Waals surface area contributed by atoms with E-state index in [-0.39, 0.29) is 46.2 Å². The van der Waals surface area contributed by atoms with Crippen LogP contribution in [-0.2, 0) is 87.0 Å². The highest BCUT2D eigenvalue weighted by Crippen LogP contribution is 2.41. The molecule has 6 aromatic rings. The Bertz CT molecular complexity index is 2510. The van der Waals surface area contributed by atoms with E-state index in [1.54, 1.807) is 0 Å². The van der Waals surface area contributed by atoms with Crippen LogP contribution in [0.4, 0.5) is 4.79 Å². The second-order valence-electron chi connectivity index (χ2n) is 17.1. The molecular weight excluding hydrogens is 879 g/mol. The number of nitrogens with zero attached hydrogens (tertiary/aromatic N) is 3. The molecule has 0 spiro atoms. The molecule has 0 amide bonds. The van der Waals surface area contributed by atoms with Gasteiger partial charge in [0.1, 0.15) is 48.8 Å². The molecule has 1 aliphatic carbocycles. The molecule has 5 unspecified atom stereocenters. The third-order valence-electron chi connectivity index (χ3n) is 12.3. The highest BCUT2D eigenvalue weighted by molar-refractivity contribution is 5.63. The summed E-state index contributed by atoms with van der Waals surface area (Å²) in [4.78, 5) is 16.7. The number of fused-ring (bicyclic) bond motifs is 1. The number of ether oxygens (including phenoxy) is 10. The zero-order valence-electron chi connectivity index (χ0n) is 38.0. The van der Waals surface area contributed by atoms with Gasteiger partial charge in [0.15, 0.2) is 18.5 Å². The normalized spacial score (nSPS) is 26.3. The van der Waals surface area contributed by atoms with E-state index in [0.717, 1.165) is 33.4 Å². The van der Waals surface area contributed by atoms with Gasteiger partial charge in [-0.1, -0.05) is 187 Å². The van der Waals surface area contributed by atoms with Gasteiger partial charge in [0, 0.05) is 4.91 Å². The van der Waals surface area contributed by atoms with Crippen molar-refractivity contribution >= 4 is 6.16 Å². The molecule has 0 radical (unpaired) electrons. The van der Waals surface area contributed by atoms with Crippen LogP contribution < -0.4 is 0 Å². The van der Waals surface area contributed by atoms with Gasteiger partial charge in [-0.25, -0.2) is 4.79 Å². The van der Waals surface area contributed by atoms with Crippen molar-refractivity contribution in [3.05, 3.63) is 226 Å². The van der Waals surface area contributed by atoms with Crippen LogP contribution in [0.2, 0.25) is 0 Å². The van der Waals surface area contributed by atoms with Gasteiger partial charge < -0.3 is 47.4 Å². The summed E-state index contributed by atoms with van der Waals surface area (Å²) in [5, 5.41) is 4.33. The predicted octanol–water partition coefficient (Wildman–Crippen LogP) is 9.84. The van der Waals surface area contributed by atoms with E-state index in [4.69, 9.17) is 47.4 Å². The molecular formula is C55H55N3O11. The molecule has 2 aliphatic heterocycles. The number of carbonyl (C=O) groups excluding carboxylic acids is 1. The van der Waals surface area contributed by atoms with E-state index in [9.17, 15) is 10.3 Å². The van der Waals surface area contributed by atoms with Crippen LogP contribution in [0.25, 0.3) is 10.4 Å². The fourth-order valence-corrected chi connectivity index (χ4v) is 8.93. The van der Waals surface area contributed by atoms with E-state index in [1.165, 1.54) is 0 Å². The second-order valence-corrected chi connectivity index (χ2v) is 17.1. The molecule has 0 bridgehead atoms. The van der Waals surface area contributed by atoms with Gasteiger partial charge in [-0.3, -0.25) is 0 Å². The van der Waals surface area contributed by atoms with Crippen molar-refractivity contribution in [1.29, 1.82) is 0 Å². The summed E-state index contributed by atoms with van der Waals surface area (Å²) in [5.74, 6) is 0. The number of hydrogen-bond donors (Lipinski definition) is 0. The Labute approximate surface area is 401 Å². The van der Waals surface area contributed by atoms with Crippen molar-refractivity contribution < 1.29 is 52.2 Å². The van der Waals surface area contributed by atoms with Gasteiger partial charge in [0.05, 0.1) is 46.2 Å². The van der Waals surface area contributed by atoms with Crippen molar-refractivity contribution in [3.63, 3.8) is 0 Å². The number of benzene rings is 6. The monoisotopic (exact) mass is 933 g/mol. The van der Waals surface area contributed by atoms with E-state index in [1.807, 2.05) is 182 Å². The number of hydrogen-bond acceptors (Lipinski definition) is 12. The van der Waals surface area contributed by atoms with Gasteiger partial charge in [0.2, 0.25) is 0 Å². The summed E-state index contributed by atoms with van der Waals surface area (Å²) in [6, 6.07) is 57.2. The fraction of sp³-hybridized carbons (Fsp3) is 0.327. The number of carbonyl (C=O) groups is 1. The average molecular weight is 934 g/mol. The lowest BCUT2D eigenvalue weighted by Gasteiger charge is -2.49. The Morgan fingerprint density at radius 2 is 0.783 bits per heavy atom. The molecule has 11 atom stereocenters. The van der Waals surface area contributed by atoms with Crippen LogP contribution in [0.5, 0.6) is 0 Å². The average Bonchev–Trinajstić information content (AvgIpc) is 3.80. The zero-order chi connectivity index (χ0) is 47.0. The molecule has 14 heteroatoms. The SMILES string of the molecule is [N-]=[N+]=NC1[C@@H](O[C@@H]2C3OC(=O)O[C@@H]3C(OCc3ccccc3)C(OCc3ccccc3)[C@@H]2OCc2ccccc2)OC(COCc2ccccc2)[C@@H](OCc2ccccc2)[C@H]1OCc1ccccc1. The van der Waals surface area contributed by atoms with Crippen LogP contribution in [-0.4, -0.2) is 80.0 Å². The largest absolute Gasteiger partial charge is 0.509 e. The third-order valence-corrected chi connectivity index (χ3v) is 12.3. The maximum atomic E-state index is 13.4. The van der Waals surface area contributed by atoms with E-state index in [0.29, 0.717) is 0 Å². The van der Waals surface area contributed by atoms with E-state index < -0.39 is 73.4 Å². The van der Waals surface area contributed by atoms with Crippen LogP contribution in [0.1, 0.15) is 33.4 Å². The smallest absolute Gasteiger partial charge is 0.424 e. The van der Waals surface area contributed by atoms with Gasteiger partial charge >= 0.3 is 6.16 Å². The van der Waals surface area contributed by atoms with E-state index >= 15 is 0 Å². The molecule has 3 fully saturated rings. The Morgan fingerprint density at radius 3 is 1.20 bits per heavy atom. The second kappa shape index (κ2) is 24.2. The molecule has 3 aliphatic rings.